The molecule has 0 bridgehead atoms. The summed E-state index contributed by atoms with van der Waals surface area (Å²) < 4.78 is 3.45. The molecule has 1 atom stereocenters. The summed E-state index contributed by atoms with van der Waals surface area (Å²) in [4.78, 5) is 12.6. The lowest BCUT2D eigenvalue weighted by molar-refractivity contribution is -0.115. The smallest absolute Gasteiger partial charge is 0.238 e. The number of rotatable bonds is 6. The van der Waals surface area contributed by atoms with Gasteiger partial charge in [-0.1, -0.05) is 23.9 Å². The van der Waals surface area contributed by atoms with Crippen LogP contribution in [0.3, 0.4) is 0 Å². The van der Waals surface area contributed by atoms with Crippen molar-refractivity contribution in [3.05, 3.63) is 41.6 Å². The summed E-state index contributed by atoms with van der Waals surface area (Å²) in [6, 6.07) is 7.93. The predicted molar refractivity (Wildman–Crippen MR) is 105 cm³/mol. The fourth-order valence-corrected chi connectivity index (χ4v) is 3.43. The minimum Gasteiger partial charge on any atom is -0.310 e. The van der Waals surface area contributed by atoms with Crippen molar-refractivity contribution in [2.24, 2.45) is 0 Å². The number of hydrogen-bond donors (Lipinski definition) is 1. The maximum absolute atomic E-state index is 12.6. The molecule has 0 aliphatic heterocycles. The first-order valence-corrected chi connectivity index (χ1v) is 9.62. The number of hydrogen-bond acceptors (Lipinski definition) is 6. The van der Waals surface area contributed by atoms with E-state index in [-0.39, 0.29) is 17.2 Å². The fraction of sp³-hybridized carbons (Fsp3) is 0.389. The first-order valence-electron chi connectivity index (χ1n) is 8.74. The number of nitrogens with zero attached hydrogens (tertiary/aromatic N) is 6. The average molecular weight is 385 g/mol. The van der Waals surface area contributed by atoms with Crippen LogP contribution in [0.15, 0.2) is 35.6 Å². The third-order valence-corrected chi connectivity index (χ3v) is 5.34. The topological polar surface area (TPSA) is 90.5 Å². The van der Waals surface area contributed by atoms with Crippen molar-refractivity contribution in [1.82, 2.24) is 30.0 Å². The van der Waals surface area contributed by atoms with Gasteiger partial charge in [-0.15, -0.1) is 5.10 Å². The molecule has 0 fully saturated rings. The lowest BCUT2D eigenvalue weighted by Gasteiger charge is -2.15. The Balaban J connectivity index is 1.76. The zero-order valence-corrected chi connectivity index (χ0v) is 16.9. The average Bonchev–Trinajstić information content (AvgIpc) is 3.26. The van der Waals surface area contributed by atoms with E-state index in [2.05, 4.69) is 25.9 Å². The fourth-order valence-electron chi connectivity index (χ4n) is 2.63. The van der Waals surface area contributed by atoms with Crippen molar-refractivity contribution in [1.29, 1.82) is 0 Å². The molecule has 3 aromatic rings. The Kier molecular flexibility index (Phi) is 5.59. The third-order valence-electron chi connectivity index (χ3n) is 4.31. The van der Waals surface area contributed by atoms with Gasteiger partial charge in [0.25, 0.3) is 0 Å². The van der Waals surface area contributed by atoms with Gasteiger partial charge in [0.2, 0.25) is 11.1 Å². The van der Waals surface area contributed by atoms with E-state index in [0.29, 0.717) is 11.0 Å². The van der Waals surface area contributed by atoms with Crippen LogP contribution in [0.5, 0.6) is 0 Å². The van der Waals surface area contributed by atoms with Crippen LogP contribution in [0.2, 0.25) is 0 Å². The summed E-state index contributed by atoms with van der Waals surface area (Å²) in [5.41, 5.74) is 3.17. The van der Waals surface area contributed by atoms with Crippen LogP contribution >= 0.6 is 11.8 Å². The molecule has 142 valence electrons. The van der Waals surface area contributed by atoms with Crippen molar-refractivity contribution < 1.29 is 4.79 Å². The van der Waals surface area contributed by atoms with Crippen LogP contribution in [0.4, 0.5) is 5.82 Å². The molecule has 0 aliphatic rings. The Morgan fingerprint density at radius 3 is 2.70 bits per heavy atom. The molecular weight excluding hydrogens is 362 g/mol. The number of thioether (sulfide) groups is 1. The maximum Gasteiger partial charge on any atom is 0.238 e. The highest BCUT2D eigenvalue weighted by molar-refractivity contribution is 8.00. The van der Waals surface area contributed by atoms with Crippen LogP contribution in [-0.4, -0.2) is 41.1 Å². The number of amides is 1. The first-order chi connectivity index (χ1) is 12.9. The Morgan fingerprint density at radius 2 is 1.96 bits per heavy atom. The predicted octanol–water partition coefficient (Wildman–Crippen LogP) is 3.18. The van der Waals surface area contributed by atoms with Crippen molar-refractivity contribution in [2.45, 2.75) is 51.1 Å². The van der Waals surface area contributed by atoms with Crippen molar-refractivity contribution in [3.63, 3.8) is 0 Å². The van der Waals surface area contributed by atoms with E-state index in [1.807, 2.05) is 52.8 Å². The van der Waals surface area contributed by atoms with Gasteiger partial charge in [-0.2, -0.15) is 9.78 Å². The summed E-state index contributed by atoms with van der Waals surface area (Å²) in [5.74, 6) is 0.550. The maximum atomic E-state index is 12.6. The number of nitrogens with one attached hydrogen (secondary N) is 1. The standard InChI is InChI=1S/C18H23N7OS/c1-11(2)24-16(9-10-19-24)20-17(26)14(5)27-18-21-22-23-25(18)15-8-6-7-12(3)13(15)4/h6-11,14H,1-5H3,(H,20,26). The second-order valence-corrected chi connectivity index (χ2v) is 7.90. The van der Waals surface area contributed by atoms with Crippen molar-refractivity contribution in [3.8, 4) is 5.69 Å². The Hall–Kier alpha value is -2.68. The van der Waals surface area contributed by atoms with E-state index in [0.717, 1.165) is 16.8 Å². The molecule has 27 heavy (non-hydrogen) atoms. The number of benzene rings is 1. The normalized spacial score (nSPS) is 12.4. The number of aryl methyl sites for hydroxylation is 1. The molecule has 8 nitrogen and oxygen atoms in total. The monoisotopic (exact) mass is 385 g/mol. The van der Waals surface area contributed by atoms with Gasteiger partial charge in [-0.05, 0) is 62.2 Å². The van der Waals surface area contributed by atoms with Gasteiger partial charge < -0.3 is 5.32 Å². The van der Waals surface area contributed by atoms with Gasteiger partial charge in [-0.3, -0.25) is 4.79 Å². The minimum absolute atomic E-state index is 0.127. The molecule has 2 aromatic heterocycles. The molecule has 2 heterocycles. The van der Waals surface area contributed by atoms with E-state index in [1.165, 1.54) is 11.8 Å². The number of carbonyl (C=O) groups excluding carboxylic acids is 1. The van der Waals surface area contributed by atoms with Crippen LogP contribution < -0.4 is 5.32 Å². The highest BCUT2D eigenvalue weighted by Gasteiger charge is 2.21. The molecule has 0 spiro atoms. The van der Waals surface area contributed by atoms with E-state index in [4.69, 9.17) is 0 Å². The van der Waals surface area contributed by atoms with Gasteiger partial charge in [0.15, 0.2) is 0 Å². The second kappa shape index (κ2) is 7.91. The van der Waals surface area contributed by atoms with Gasteiger partial charge in [0.1, 0.15) is 5.82 Å². The highest BCUT2D eigenvalue weighted by Crippen LogP contribution is 2.26. The zero-order valence-electron chi connectivity index (χ0n) is 16.0. The van der Waals surface area contributed by atoms with Crippen molar-refractivity contribution >= 4 is 23.5 Å². The first kappa shape index (κ1) is 19.1. The van der Waals surface area contributed by atoms with Gasteiger partial charge in [0, 0.05) is 12.1 Å². The Morgan fingerprint density at radius 1 is 1.19 bits per heavy atom. The quantitative estimate of drug-likeness (QED) is 0.656. The van der Waals surface area contributed by atoms with E-state index < -0.39 is 0 Å². The number of carbonyl (C=O) groups is 1. The molecule has 1 N–H and O–H groups in total. The molecule has 1 unspecified atom stereocenters. The molecule has 1 aromatic carbocycles. The summed E-state index contributed by atoms with van der Waals surface area (Å²) in [7, 11) is 0. The summed E-state index contributed by atoms with van der Waals surface area (Å²) in [6.45, 7) is 9.93. The molecule has 0 saturated carbocycles. The lowest BCUT2D eigenvalue weighted by Crippen LogP contribution is -2.25. The molecule has 0 aliphatic carbocycles. The Labute approximate surface area is 162 Å². The molecule has 9 heteroatoms. The molecule has 3 rings (SSSR count). The van der Waals surface area contributed by atoms with Crippen LogP contribution in [0.25, 0.3) is 5.69 Å². The van der Waals surface area contributed by atoms with Gasteiger partial charge in [-0.25, -0.2) is 4.68 Å². The minimum atomic E-state index is -0.379. The van der Waals surface area contributed by atoms with Crippen LogP contribution in [-0.2, 0) is 4.79 Å². The summed E-state index contributed by atoms with van der Waals surface area (Å²) in [6.07, 6.45) is 1.68. The summed E-state index contributed by atoms with van der Waals surface area (Å²) >= 11 is 1.32. The molecular formula is C18H23N7OS. The largest absolute Gasteiger partial charge is 0.310 e. The summed E-state index contributed by atoms with van der Waals surface area (Å²) in [5, 5.41) is 19.3. The van der Waals surface area contributed by atoms with Gasteiger partial charge in [0.05, 0.1) is 17.1 Å². The van der Waals surface area contributed by atoms with Crippen molar-refractivity contribution in [2.75, 3.05) is 5.32 Å². The van der Waals surface area contributed by atoms with E-state index >= 15 is 0 Å². The number of aromatic nitrogens is 6. The number of tetrazole rings is 1. The second-order valence-electron chi connectivity index (χ2n) is 6.60. The third kappa shape index (κ3) is 4.02. The lowest BCUT2D eigenvalue weighted by atomic mass is 10.1. The molecule has 1 amide bonds. The van der Waals surface area contributed by atoms with E-state index in [9.17, 15) is 4.79 Å². The van der Waals surface area contributed by atoms with Crippen LogP contribution in [0, 0.1) is 13.8 Å². The SMILES string of the molecule is Cc1cccc(-n2nnnc2SC(C)C(=O)Nc2ccnn2C(C)C)c1C. The highest BCUT2D eigenvalue weighted by atomic mass is 32.2. The van der Waals surface area contributed by atoms with Crippen LogP contribution in [0.1, 0.15) is 37.9 Å². The van der Waals surface area contributed by atoms with E-state index in [1.54, 1.807) is 21.6 Å². The van der Waals surface area contributed by atoms with Gasteiger partial charge >= 0.3 is 0 Å². The molecule has 0 saturated heterocycles. The Bertz CT molecular complexity index is 947. The number of anilines is 1. The zero-order chi connectivity index (χ0) is 19.6. The molecule has 0 radical (unpaired) electrons.